The minimum Gasteiger partial charge on any atom is -0.371 e. The maximum absolute atomic E-state index is 11.7. The molecule has 0 aliphatic carbocycles. The van der Waals surface area contributed by atoms with E-state index in [0.29, 0.717) is 13.1 Å². The van der Waals surface area contributed by atoms with E-state index in [0.717, 1.165) is 12.0 Å². The highest BCUT2D eigenvalue weighted by atomic mass is 19.4. The summed E-state index contributed by atoms with van der Waals surface area (Å²) in [6.07, 6.45) is 0.229. The van der Waals surface area contributed by atoms with Gasteiger partial charge in [-0.3, -0.25) is 4.68 Å². The average Bonchev–Trinajstić information content (AvgIpc) is 2.61. The number of aryl methyl sites for hydroxylation is 1. The van der Waals surface area contributed by atoms with Gasteiger partial charge in [0, 0.05) is 19.8 Å². The molecule has 4 nitrogen and oxygen atoms in total. The third kappa shape index (κ3) is 6.96. The number of nitrogens with one attached hydrogen (secondary N) is 1. The van der Waals surface area contributed by atoms with Crippen molar-refractivity contribution in [3.8, 4) is 0 Å². The molecule has 0 aromatic carbocycles. The number of aromatic nitrogens is 2. The van der Waals surface area contributed by atoms with E-state index >= 15 is 0 Å². The molecule has 98 valence electrons. The zero-order valence-electron chi connectivity index (χ0n) is 9.63. The van der Waals surface area contributed by atoms with Gasteiger partial charge in [0.25, 0.3) is 0 Å². The summed E-state index contributed by atoms with van der Waals surface area (Å²) in [5, 5.41) is 7.01. The van der Waals surface area contributed by atoms with Gasteiger partial charge in [0.2, 0.25) is 0 Å². The van der Waals surface area contributed by atoms with Gasteiger partial charge in [-0.2, -0.15) is 18.3 Å². The second-order valence-corrected chi connectivity index (χ2v) is 3.69. The number of halogens is 3. The second kappa shape index (κ2) is 6.61. The van der Waals surface area contributed by atoms with Crippen LogP contribution in [-0.2, 0) is 18.2 Å². The summed E-state index contributed by atoms with van der Waals surface area (Å²) in [7, 11) is 1.84. The van der Waals surface area contributed by atoms with Gasteiger partial charge in [-0.25, -0.2) is 0 Å². The molecule has 1 N–H and O–H groups in total. The van der Waals surface area contributed by atoms with Crippen LogP contribution in [0.5, 0.6) is 0 Å². The summed E-state index contributed by atoms with van der Waals surface area (Å²) in [6, 6.07) is 0. The zero-order chi connectivity index (χ0) is 12.7. The third-order valence-electron chi connectivity index (χ3n) is 2.04. The second-order valence-electron chi connectivity index (χ2n) is 3.69. The Balaban J connectivity index is 1.95. The van der Waals surface area contributed by atoms with Gasteiger partial charge in [0.05, 0.1) is 12.8 Å². The Bertz CT molecular complexity index is 325. The lowest BCUT2D eigenvalue weighted by atomic mass is 10.2. The first kappa shape index (κ1) is 14.0. The van der Waals surface area contributed by atoms with Crippen molar-refractivity contribution in [3.63, 3.8) is 0 Å². The highest BCUT2D eigenvalue weighted by Crippen LogP contribution is 2.13. The van der Waals surface area contributed by atoms with Gasteiger partial charge in [-0.05, 0) is 18.5 Å². The van der Waals surface area contributed by atoms with E-state index < -0.39 is 12.8 Å². The summed E-state index contributed by atoms with van der Waals surface area (Å²) in [5.74, 6) is 0. The first-order valence-corrected chi connectivity index (χ1v) is 5.30. The van der Waals surface area contributed by atoms with Crippen molar-refractivity contribution >= 4 is 0 Å². The Morgan fingerprint density at radius 2 is 2.18 bits per heavy atom. The molecule has 1 aromatic rings. The van der Waals surface area contributed by atoms with E-state index in [4.69, 9.17) is 0 Å². The van der Waals surface area contributed by atoms with E-state index in [1.807, 2.05) is 13.2 Å². The van der Waals surface area contributed by atoms with Crippen LogP contribution in [0.1, 0.15) is 5.56 Å². The third-order valence-corrected chi connectivity index (χ3v) is 2.04. The SMILES string of the molecule is Cn1cc(CCNCCOCC(F)(F)F)cn1. The standard InChI is InChI=1S/C10H16F3N3O/c1-16-7-9(6-15-16)2-3-14-4-5-17-8-10(11,12)13/h6-7,14H,2-5,8H2,1H3. The minimum absolute atomic E-state index is 0.0621. The Labute approximate surface area is 97.8 Å². The van der Waals surface area contributed by atoms with E-state index in [9.17, 15) is 13.2 Å². The van der Waals surface area contributed by atoms with Crippen molar-refractivity contribution in [2.24, 2.45) is 7.05 Å². The lowest BCUT2D eigenvalue weighted by Gasteiger charge is -2.07. The van der Waals surface area contributed by atoms with Gasteiger partial charge in [-0.1, -0.05) is 0 Å². The van der Waals surface area contributed by atoms with Crippen molar-refractivity contribution in [3.05, 3.63) is 18.0 Å². The van der Waals surface area contributed by atoms with Gasteiger partial charge in [0.1, 0.15) is 6.61 Å². The largest absolute Gasteiger partial charge is 0.411 e. The lowest BCUT2D eigenvalue weighted by molar-refractivity contribution is -0.173. The van der Waals surface area contributed by atoms with Gasteiger partial charge in [-0.15, -0.1) is 0 Å². The summed E-state index contributed by atoms with van der Waals surface area (Å²) in [4.78, 5) is 0. The van der Waals surface area contributed by atoms with Crippen molar-refractivity contribution in [2.45, 2.75) is 12.6 Å². The molecule has 1 heterocycles. The normalized spacial score (nSPS) is 12.0. The molecule has 1 aromatic heterocycles. The molecule has 0 spiro atoms. The predicted octanol–water partition coefficient (Wildman–Crippen LogP) is 1.13. The summed E-state index contributed by atoms with van der Waals surface area (Å²) < 4.78 is 41.3. The van der Waals surface area contributed by atoms with Crippen molar-refractivity contribution in [2.75, 3.05) is 26.3 Å². The maximum atomic E-state index is 11.7. The minimum atomic E-state index is -4.24. The van der Waals surface area contributed by atoms with Crippen molar-refractivity contribution < 1.29 is 17.9 Å². The molecule has 0 radical (unpaired) electrons. The summed E-state index contributed by atoms with van der Waals surface area (Å²) in [5.41, 5.74) is 1.09. The smallest absolute Gasteiger partial charge is 0.371 e. The van der Waals surface area contributed by atoms with E-state index in [1.165, 1.54) is 0 Å². The molecule has 0 saturated carbocycles. The van der Waals surface area contributed by atoms with Crippen LogP contribution >= 0.6 is 0 Å². The first-order valence-electron chi connectivity index (χ1n) is 5.30. The molecule has 0 unspecified atom stereocenters. The van der Waals surface area contributed by atoms with Gasteiger partial charge >= 0.3 is 6.18 Å². The molecule has 0 bridgehead atoms. The Morgan fingerprint density at radius 3 is 2.76 bits per heavy atom. The molecule has 0 aliphatic rings. The maximum Gasteiger partial charge on any atom is 0.411 e. The fraction of sp³-hybridized carbons (Fsp3) is 0.700. The van der Waals surface area contributed by atoms with E-state index in [-0.39, 0.29) is 6.61 Å². The highest BCUT2D eigenvalue weighted by molar-refractivity contribution is 5.03. The van der Waals surface area contributed by atoms with Crippen LogP contribution in [0.25, 0.3) is 0 Å². The van der Waals surface area contributed by atoms with Crippen LogP contribution in [0.15, 0.2) is 12.4 Å². The van der Waals surface area contributed by atoms with Crippen LogP contribution in [0.4, 0.5) is 13.2 Å². The van der Waals surface area contributed by atoms with Crippen LogP contribution in [0.3, 0.4) is 0 Å². The van der Waals surface area contributed by atoms with E-state index in [1.54, 1.807) is 10.9 Å². The lowest BCUT2D eigenvalue weighted by Crippen LogP contribution is -2.25. The summed E-state index contributed by atoms with van der Waals surface area (Å²) >= 11 is 0. The average molecular weight is 251 g/mol. The quantitative estimate of drug-likeness (QED) is 0.738. The molecular weight excluding hydrogens is 235 g/mol. The van der Waals surface area contributed by atoms with E-state index in [2.05, 4.69) is 15.2 Å². The predicted molar refractivity (Wildman–Crippen MR) is 56.7 cm³/mol. The number of hydrogen-bond acceptors (Lipinski definition) is 3. The van der Waals surface area contributed by atoms with Gasteiger partial charge in [0.15, 0.2) is 0 Å². The highest BCUT2D eigenvalue weighted by Gasteiger charge is 2.27. The monoisotopic (exact) mass is 251 g/mol. The van der Waals surface area contributed by atoms with Crippen molar-refractivity contribution in [1.82, 2.24) is 15.1 Å². The van der Waals surface area contributed by atoms with Crippen LogP contribution < -0.4 is 5.32 Å². The molecule has 0 atom stereocenters. The fourth-order valence-corrected chi connectivity index (χ4v) is 1.29. The number of rotatable bonds is 7. The fourth-order valence-electron chi connectivity index (χ4n) is 1.29. The summed E-state index contributed by atoms with van der Waals surface area (Å²) in [6.45, 7) is -0.0127. The molecule has 0 saturated heterocycles. The number of alkyl halides is 3. The molecule has 17 heavy (non-hydrogen) atoms. The van der Waals surface area contributed by atoms with Gasteiger partial charge < -0.3 is 10.1 Å². The first-order chi connectivity index (χ1) is 7.97. The topological polar surface area (TPSA) is 39.1 Å². The van der Waals surface area contributed by atoms with Crippen molar-refractivity contribution in [1.29, 1.82) is 0 Å². The molecule has 1 rings (SSSR count). The number of nitrogens with zero attached hydrogens (tertiary/aromatic N) is 2. The number of ether oxygens (including phenoxy) is 1. The Morgan fingerprint density at radius 1 is 1.41 bits per heavy atom. The molecular formula is C10H16F3N3O. The molecule has 0 aliphatic heterocycles. The molecule has 7 heteroatoms. The van der Waals surface area contributed by atoms with Crippen LogP contribution in [0.2, 0.25) is 0 Å². The molecule has 0 amide bonds. The zero-order valence-corrected chi connectivity index (χ0v) is 9.63. The van der Waals surface area contributed by atoms with Crippen LogP contribution in [-0.4, -0.2) is 42.3 Å². The number of hydrogen-bond donors (Lipinski definition) is 1. The molecule has 0 fully saturated rings. The van der Waals surface area contributed by atoms with Crippen LogP contribution in [0, 0.1) is 0 Å². The Hall–Kier alpha value is -1.08. The Kier molecular flexibility index (Phi) is 5.43.